The molecule has 0 bridgehead atoms. The van der Waals surface area contributed by atoms with Crippen molar-refractivity contribution in [3.8, 4) is 5.75 Å². The predicted octanol–water partition coefficient (Wildman–Crippen LogP) is 2.83. The molecule has 0 amide bonds. The van der Waals surface area contributed by atoms with Crippen LogP contribution in [0.25, 0.3) is 0 Å². The van der Waals surface area contributed by atoms with Crippen LogP contribution in [0.5, 0.6) is 5.75 Å². The highest BCUT2D eigenvalue weighted by atomic mass is 32.2. The zero-order chi connectivity index (χ0) is 11.3. The number of benzene rings is 1. The highest BCUT2D eigenvalue weighted by Crippen LogP contribution is 2.19. The third-order valence-corrected chi connectivity index (χ3v) is 4.59. The van der Waals surface area contributed by atoms with E-state index >= 15 is 0 Å². The molecule has 84 valence electrons. The Bertz CT molecular complexity index is 407. The first-order valence-electron chi connectivity index (χ1n) is 5.00. The zero-order valence-electron chi connectivity index (χ0n) is 9.40. The standard InChI is InChI=1S/C11H17NO2S/c1-4-15(13,5-2)12-10-6-8-11(14-3)9-7-10/h6-9H,4-5H2,1-3H3. The number of ether oxygens (including phenoxy) is 1. The van der Waals surface area contributed by atoms with Gasteiger partial charge in [0, 0.05) is 11.5 Å². The van der Waals surface area contributed by atoms with Gasteiger partial charge < -0.3 is 4.74 Å². The van der Waals surface area contributed by atoms with E-state index in [0.717, 1.165) is 11.4 Å². The fraction of sp³-hybridized carbons (Fsp3) is 0.455. The van der Waals surface area contributed by atoms with Gasteiger partial charge in [-0.3, -0.25) is 0 Å². The zero-order valence-corrected chi connectivity index (χ0v) is 10.2. The van der Waals surface area contributed by atoms with Gasteiger partial charge in [-0.05, 0) is 24.3 Å². The largest absolute Gasteiger partial charge is 0.497 e. The van der Waals surface area contributed by atoms with Gasteiger partial charge in [0.2, 0.25) is 0 Å². The van der Waals surface area contributed by atoms with Crippen LogP contribution in [0.3, 0.4) is 0 Å². The van der Waals surface area contributed by atoms with Gasteiger partial charge in [-0.25, -0.2) is 4.21 Å². The third-order valence-electron chi connectivity index (χ3n) is 2.25. The molecule has 4 heteroatoms. The molecule has 0 N–H and O–H groups in total. The Morgan fingerprint density at radius 3 is 2.13 bits per heavy atom. The summed E-state index contributed by atoms with van der Waals surface area (Å²) in [7, 11) is -0.435. The van der Waals surface area contributed by atoms with E-state index in [9.17, 15) is 4.21 Å². The summed E-state index contributed by atoms with van der Waals surface area (Å²) in [6.07, 6.45) is 0. The van der Waals surface area contributed by atoms with Crippen LogP contribution >= 0.6 is 0 Å². The molecule has 0 aliphatic heterocycles. The van der Waals surface area contributed by atoms with Crippen LogP contribution in [-0.2, 0) is 9.73 Å². The van der Waals surface area contributed by atoms with Crippen molar-refractivity contribution in [3.05, 3.63) is 24.3 Å². The van der Waals surface area contributed by atoms with Gasteiger partial charge in [-0.15, -0.1) is 0 Å². The average molecular weight is 227 g/mol. The fourth-order valence-electron chi connectivity index (χ4n) is 1.17. The van der Waals surface area contributed by atoms with Crippen molar-refractivity contribution in [3.63, 3.8) is 0 Å². The van der Waals surface area contributed by atoms with Crippen LogP contribution in [0, 0.1) is 0 Å². The molecule has 0 fully saturated rings. The second-order valence-electron chi connectivity index (χ2n) is 3.14. The average Bonchev–Trinajstić information content (AvgIpc) is 2.30. The summed E-state index contributed by atoms with van der Waals surface area (Å²) in [6.45, 7) is 3.80. The lowest BCUT2D eigenvalue weighted by Gasteiger charge is -2.04. The summed E-state index contributed by atoms with van der Waals surface area (Å²) in [5.41, 5.74) is 0.754. The molecule has 0 unspecified atom stereocenters. The molecule has 0 spiro atoms. The quantitative estimate of drug-likeness (QED) is 0.793. The highest BCUT2D eigenvalue weighted by molar-refractivity contribution is 7.93. The van der Waals surface area contributed by atoms with E-state index in [4.69, 9.17) is 4.74 Å². The van der Waals surface area contributed by atoms with Crippen molar-refractivity contribution in [2.45, 2.75) is 13.8 Å². The molecule has 0 aliphatic rings. The molecule has 0 saturated carbocycles. The van der Waals surface area contributed by atoms with Crippen molar-refractivity contribution in [1.82, 2.24) is 0 Å². The maximum Gasteiger partial charge on any atom is 0.119 e. The topological polar surface area (TPSA) is 38.7 Å². The lowest BCUT2D eigenvalue weighted by molar-refractivity contribution is 0.415. The third kappa shape index (κ3) is 3.23. The minimum absolute atomic E-state index is 0.593. The van der Waals surface area contributed by atoms with Gasteiger partial charge >= 0.3 is 0 Å². The molecule has 0 saturated heterocycles. The summed E-state index contributed by atoms with van der Waals surface area (Å²) in [6, 6.07) is 7.29. The molecular weight excluding hydrogens is 210 g/mol. The number of nitrogens with zero attached hydrogens (tertiary/aromatic N) is 1. The van der Waals surface area contributed by atoms with E-state index in [1.807, 2.05) is 38.1 Å². The molecule has 0 aromatic heterocycles. The van der Waals surface area contributed by atoms with Gasteiger partial charge in [-0.1, -0.05) is 13.8 Å². The van der Waals surface area contributed by atoms with E-state index in [0.29, 0.717) is 11.5 Å². The first kappa shape index (κ1) is 12.0. The lowest BCUT2D eigenvalue weighted by Crippen LogP contribution is -2.04. The molecule has 0 aliphatic carbocycles. The second kappa shape index (κ2) is 5.16. The van der Waals surface area contributed by atoms with Crippen molar-refractivity contribution < 1.29 is 8.95 Å². The smallest absolute Gasteiger partial charge is 0.119 e. The van der Waals surface area contributed by atoms with Crippen LogP contribution in [0.15, 0.2) is 28.6 Å². The fourth-order valence-corrected chi connectivity index (χ4v) is 2.34. The van der Waals surface area contributed by atoms with E-state index < -0.39 is 9.73 Å². The normalized spacial score (nSPS) is 11.1. The summed E-state index contributed by atoms with van der Waals surface area (Å²) < 4.78 is 21.4. The number of rotatable bonds is 4. The molecule has 0 heterocycles. The Morgan fingerprint density at radius 1 is 1.20 bits per heavy atom. The number of methoxy groups -OCH3 is 1. The van der Waals surface area contributed by atoms with E-state index in [1.165, 1.54) is 0 Å². The molecule has 3 nitrogen and oxygen atoms in total. The predicted molar refractivity (Wildman–Crippen MR) is 64.3 cm³/mol. The summed E-state index contributed by atoms with van der Waals surface area (Å²) >= 11 is 0. The maximum atomic E-state index is 12.0. The van der Waals surface area contributed by atoms with Crippen LogP contribution in [0.2, 0.25) is 0 Å². The van der Waals surface area contributed by atoms with Crippen molar-refractivity contribution in [2.24, 2.45) is 4.36 Å². The van der Waals surface area contributed by atoms with Crippen molar-refractivity contribution in [1.29, 1.82) is 0 Å². The SMILES string of the molecule is CCS(=O)(CC)=Nc1ccc(OC)cc1. The molecule has 0 atom stereocenters. The van der Waals surface area contributed by atoms with Gasteiger partial charge in [0.15, 0.2) is 0 Å². The molecule has 15 heavy (non-hydrogen) atoms. The van der Waals surface area contributed by atoms with Gasteiger partial charge in [0.05, 0.1) is 22.5 Å². The lowest BCUT2D eigenvalue weighted by atomic mass is 10.3. The molecule has 1 aromatic rings. The monoisotopic (exact) mass is 227 g/mol. The Morgan fingerprint density at radius 2 is 1.73 bits per heavy atom. The molecular formula is C11H17NO2S. The van der Waals surface area contributed by atoms with Crippen molar-refractivity contribution in [2.75, 3.05) is 18.6 Å². The molecule has 0 radical (unpaired) electrons. The second-order valence-corrected chi connectivity index (χ2v) is 6.02. The summed E-state index contributed by atoms with van der Waals surface area (Å²) in [5, 5.41) is 0. The maximum absolute atomic E-state index is 12.0. The Labute approximate surface area is 91.6 Å². The minimum Gasteiger partial charge on any atom is -0.497 e. The Kier molecular flexibility index (Phi) is 4.15. The van der Waals surface area contributed by atoms with Gasteiger partial charge in [-0.2, -0.15) is 4.36 Å². The van der Waals surface area contributed by atoms with Crippen LogP contribution in [0.1, 0.15) is 13.8 Å². The summed E-state index contributed by atoms with van der Waals surface area (Å²) in [5.74, 6) is 1.97. The van der Waals surface area contributed by atoms with Crippen LogP contribution in [-0.4, -0.2) is 22.8 Å². The highest BCUT2D eigenvalue weighted by Gasteiger charge is 2.02. The Hall–Kier alpha value is -1.03. The molecule has 1 rings (SSSR count). The van der Waals surface area contributed by atoms with Crippen molar-refractivity contribution >= 4 is 15.4 Å². The first-order valence-corrected chi connectivity index (χ1v) is 6.85. The van der Waals surface area contributed by atoms with E-state index in [2.05, 4.69) is 4.36 Å². The van der Waals surface area contributed by atoms with E-state index in [-0.39, 0.29) is 0 Å². The van der Waals surface area contributed by atoms with Crippen LogP contribution in [0.4, 0.5) is 5.69 Å². The van der Waals surface area contributed by atoms with Crippen LogP contribution < -0.4 is 4.74 Å². The number of hydrogen-bond donors (Lipinski definition) is 0. The van der Waals surface area contributed by atoms with Gasteiger partial charge in [0.25, 0.3) is 0 Å². The molecule has 1 aromatic carbocycles. The van der Waals surface area contributed by atoms with E-state index in [1.54, 1.807) is 7.11 Å². The number of hydrogen-bond acceptors (Lipinski definition) is 3. The summed E-state index contributed by atoms with van der Waals surface area (Å²) in [4.78, 5) is 0. The first-order chi connectivity index (χ1) is 7.13. The van der Waals surface area contributed by atoms with Gasteiger partial charge in [0.1, 0.15) is 5.75 Å². The minimum atomic E-state index is -2.05. The Balaban J connectivity index is 3.03.